The Bertz CT molecular complexity index is 507. The van der Waals surface area contributed by atoms with Gasteiger partial charge in [-0.15, -0.1) is 0 Å². The second-order valence-corrected chi connectivity index (χ2v) is 6.27. The number of benzene rings is 1. The van der Waals surface area contributed by atoms with Gasteiger partial charge in [0.1, 0.15) is 6.04 Å². The molecule has 3 N–H and O–H groups in total. The van der Waals surface area contributed by atoms with Crippen LogP contribution in [0.2, 0.25) is 10.0 Å². The van der Waals surface area contributed by atoms with Crippen molar-refractivity contribution in [3.05, 3.63) is 28.2 Å². The zero-order valence-electron chi connectivity index (χ0n) is 11.3. The highest BCUT2D eigenvalue weighted by Crippen LogP contribution is 2.23. The lowest BCUT2D eigenvalue weighted by atomic mass is 9.87. The van der Waals surface area contributed by atoms with Gasteiger partial charge < -0.3 is 15.7 Å². The van der Waals surface area contributed by atoms with Crippen LogP contribution in [0.4, 0.5) is 10.5 Å². The van der Waals surface area contributed by atoms with E-state index in [1.807, 2.05) is 0 Å². The zero-order valence-corrected chi connectivity index (χ0v) is 12.8. The summed E-state index contributed by atoms with van der Waals surface area (Å²) in [5.41, 5.74) is -0.229. The van der Waals surface area contributed by atoms with Crippen LogP contribution in [0.15, 0.2) is 18.2 Å². The van der Waals surface area contributed by atoms with Crippen LogP contribution in [0.3, 0.4) is 0 Å². The highest BCUT2D eigenvalue weighted by atomic mass is 35.5. The molecule has 0 heterocycles. The van der Waals surface area contributed by atoms with Gasteiger partial charge in [-0.2, -0.15) is 0 Å². The largest absolute Gasteiger partial charge is 0.480 e. The number of carboxylic acid groups (broad SMARTS) is 1. The number of hydrogen-bond acceptors (Lipinski definition) is 2. The van der Waals surface area contributed by atoms with Gasteiger partial charge in [0, 0.05) is 15.7 Å². The van der Waals surface area contributed by atoms with Crippen LogP contribution < -0.4 is 10.6 Å². The van der Waals surface area contributed by atoms with E-state index >= 15 is 0 Å². The number of urea groups is 1. The maximum atomic E-state index is 11.8. The van der Waals surface area contributed by atoms with E-state index in [0.717, 1.165) is 0 Å². The van der Waals surface area contributed by atoms with E-state index in [2.05, 4.69) is 10.6 Å². The van der Waals surface area contributed by atoms with Gasteiger partial charge in [-0.05, 0) is 23.6 Å². The molecule has 1 atom stereocenters. The second kappa shape index (κ2) is 6.33. The Morgan fingerprint density at radius 2 is 1.65 bits per heavy atom. The molecule has 110 valence electrons. The summed E-state index contributed by atoms with van der Waals surface area (Å²) in [5, 5.41) is 14.8. The topological polar surface area (TPSA) is 78.4 Å². The van der Waals surface area contributed by atoms with Crippen molar-refractivity contribution in [1.29, 1.82) is 0 Å². The summed E-state index contributed by atoms with van der Waals surface area (Å²) in [7, 11) is 0. The van der Waals surface area contributed by atoms with Gasteiger partial charge >= 0.3 is 12.0 Å². The molecule has 1 aromatic carbocycles. The summed E-state index contributed by atoms with van der Waals surface area (Å²) in [5.74, 6) is -1.10. The third-order valence-corrected chi connectivity index (χ3v) is 2.95. The Kier molecular flexibility index (Phi) is 5.25. The van der Waals surface area contributed by atoms with Crippen LogP contribution in [-0.4, -0.2) is 23.1 Å². The van der Waals surface area contributed by atoms with Gasteiger partial charge in [-0.1, -0.05) is 44.0 Å². The van der Waals surface area contributed by atoms with Gasteiger partial charge in [-0.25, -0.2) is 9.59 Å². The molecule has 0 saturated carbocycles. The van der Waals surface area contributed by atoms with Crippen LogP contribution in [-0.2, 0) is 4.79 Å². The Balaban J connectivity index is 2.78. The molecule has 0 spiro atoms. The maximum absolute atomic E-state index is 11.8. The molecule has 5 nitrogen and oxygen atoms in total. The first-order valence-corrected chi connectivity index (χ1v) is 6.61. The molecule has 0 unspecified atom stereocenters. The van der Waals surface area contributed by atoms with Crippen molar-refractivity contribution in [2.75, 3.05) is 5.32 Å². The Morgan fingerprint density at radius 3 is 2.05 bits per heavy atom. The minimum absolute atomic E-state index is 0.374. The highest BCUT2D eigenvalue weighted by Gasteiger charge is 2.32. The Hall–Kier alpha value is -1.46. The summed E-state index contributed by atoms with van der Waals surface area (Å²) in [6.07, 6.45) is 0. The van der Waals surface area contributed by atoms with Gasteiger partial charge in [0.25, 0.3) is 0 Å². The second-order valence-electron chi connectivity index (χ2n) is 5.39. The van der Waals surface area contributed by atoms with Crippen LogP contribution in [0.1, 0.15) is 20.8 Å². The van der Waals surface area contributed by atoms with E-state index in [0.29, 0.717) is 15.7 Å². The lowest BCUT2D eigenvalue weighted by Crippen LogP contribution is -2.50. The van der Waals surface area contributed by atoms with E-state index < -0.39 is 23.5 Å². The van der Waals surface area contributed by atoms with Crippen molar-refractivity contribution in [2.45, 2.75) is 26.8 Å². The number of amides is 2. The molecule has 2 amide bonds. The summed E-state index contributed by atoms with van der Waals surface area (Å²) in [4.78, 5) is 23.0. The van der Waals surface area contributed by atoms with Crippen molar-refractivity contribution in [3.63, 3.8) is 0 Å². The Morgan fingerprint density at radius 1 is 1.15 bits per heavy atom. The third kappa shape index (κ3) is 4.90. The Labute approximate surface area is 127 Å². The summed E-state index contributed by atoms with van der Waals surface area (Å²) >= 11 is 11.6. The molecule has 0 aliphatic heterocycles. The number of carbonyl (C=O) groups is 2. The number of aliphatic carboxylic acids is 1. The molecular formula is C13H16Cl2N2O3. The molecule has 0 fully saturated rings. The predicted molar refractivity (Wildman–Crippen MR) is 79.5 cm³/mol. The SMILES string of the molecule is CC(C)(C)[C@H](NC(=O)Nc1cc(Cl)cc(Cl)c1)C(=O)O. The van der Waals surface area contributed by atoms with Crippen molar-refractivity contribution in [2.24, 2.45) is 5.41 Å². The molecule has 1 aromatic rings. The highest BCUT2D eigenvalue weighted by molar-refractivity contribution is 6.35. The first-order valence-electron chi connectivity index (χ1n) is 5.86. The predicted octanol–water partition coefficient (Wildman–Crippen LogP) is 3.61. The molecule has 0 aliphatic carbocycles. The van der Waals surface area contributed by atoms with E-state index in [9.17, 15) is 9.59 Å². The molecule has 20 heavy (non-hydrogen) atoms. The molecule has 0 aliphatic rings. The number of halogens is 2. The number of rotatable bonds is 3. The average molecular weight is 319 g/mol. The van der Waals surface area contributed by atoms with Crippen LogP contribution in [0, 0.1) is 5.41 Å². The van der Waals surface area contributed by atoms with Gasteiger partial charge in [0.2, 0.25) is 0 Å². The number of carbonyl (C=O) groups excluding carboxylic acids is 1. The van der Waals surface area contributed by atoms with Crippen molar-refractivity contribution < 1.29 is 14.7 Å². The quantitative estimate of drug-likeness (QED) is 0.796. The van der Waals surface area contributed by atoms with Crippen molar-refractivity contribution in [3.8, 4) is 0 Å². The lowest BCUT2D eigenvalue weighted by Gasteiger charge is -2.27. The van der Waals surface area contributed by atoms with Crippen LogP contribution in [0.25, 0.3) is 0 Å². The average Bonchev–Trinajstić information content (AvgIpc) is 2.22. The molecule has 0 bridgehead atoms. The fourth-order valence-corrected chi connectivity index (χ4v) is 2.10. The summed E-state index contributed by atoms with van der Waals surface area (Å²) < 4.78 is 0. The number of nitrogens with one attached hydrogen (secondary N) is 2. The number of hydrogen-bond donors (Lipinski definition) is 3. The molecular weight excluding hydrogens is 303 g/mol. The van der Waals surface area contributed by atoms with E-state index in [1.54, 1.807) is 20.8 Å². The minimum atomic E-state index is -1.10. The minimum Gasteiger partial charge on any atom is -0.480 e. The fourth-order valence-electron chi connectivity index (χ4n) is 1.57. The van der Waals surface area contributed by atoms with Gasteiger partial charge in [0.15, 0.2) is 0 Å². The third-order valence-electron chi connectivity index (χ3n) is 2.51. The first-order chi connectivity index (χ1) is 9.09. The molecule has 0 radical (unpaired) electrons. The normalized spacial score (nSPS) is 12.7. The molecule has 0 saturated heterocycles. The van der Waals surface area contributed by atoms with Gasteiger partial charge in [-0.3, -0.25) is 0 Å². The lowest BCUT2D eigenvalue weighted by molar-refractivity contribution is -0.141. The molecule has 7 heteroatoms. The van der Waals surface area contributed by atoms with Crippen LogP contribution in [0.5, 0.6) is 0 Å². The molecule has 0 aromatic heterocycles. The molecule has 1 rings (SSSR count). The number of anilines is 1. The fraction of sp³-hybridized carbons (Fsp3) is 0.385. The monoisotopic (exact) mass is 318 g/mol. The van der Waals surface area contributed by atoms with Gasteiger partial charge in [0.05, 0.1) is 0 Å². The van der Waals surface area contributed by atoms with E-state index in [1.165, 1.54) is 18.2 Å². The first kappa shape index (κ1) is 16.6. The van der Waals surface area contributed by atoms with Crippen LogP contribution >= 0.6 is 23.2 Å². The summed E-state index contributed by atoms with van der Waals surface area (Å²) in [6, 6.07) is 2.91. The van der Waals surface area contributed by atoms with E-state index in [4.69, 9.17) is 28.3 Å². The van der Waals surface area contributed by atoms with E-state index in [-0.39, 0.29) is 0 Å². The zero-order chi connectivity index (χ0) is 15.5. The summed E-state index contributed by atoms with van der Waals surface area (Å²) in [6.45, 7) is 5.17. The van der Waals surface area contributed by atoms with Crippen molar-refractivity contribution >= 4 is 40.9 Å². The number of carboxylic acids is 1. The maximum Gasteiger partial charge on any atom is 0.326 e. The van der Waals surface area contributed by atoms with Crippen molar-refractivity contribution in [1.82, 2.24) is 5.32 Å². The standard InChI is InChI=1S/C13H16Cl2N2O3/c1-13(2,3)10(11(18)19)17-12(20)16-9-5-7(14)4-8(15)6-9/h4-6,10H,1-3H3,(H,18,19)(H2,16,17,20)/t10-/m1/s1. The smallest absolute Gasteiger partial charge is 0.326 e.